The van der Waals surface area contributed by atoms with Gasteiger partial charge in [-0.3, -0.25) is 4.79 Å². The summed E-state index contributed by atoms with van der Waals surface area (Å²) in [4.78, 5) is 36.7. The number of hydrogen-bond donors (Lipinski definition) is 5. The standard InChI is InChI=1S/C13H8Cl2N2O6/c14-8-3(1-2-4(18)9(8)15)5-6(12(20)21)10(16)17-11(19)7(5)13(22)23/h1-2,18H,(H,20,21)(H,22,23)(H3,16,17,19). The van der Waals surface area contributed by atoms with Crippen LogP contribution in [0.25, 0.3) is 11.1 Å². The van der Waals surface area contributed by atoms with Gasteiger partial charge in [0.1, 0.15) is 27.7 Å². The third-order valence-electron chi connectivity index (χ3n) is 3.00. The van der Waals surface area contributed by atoms with E-state index in [1.807, 2.05) is 4.98 Å². The van der Waals surface area contributed by atoms with E-state index in [2.05, 4.69) is 0 Å². The summed E-state index contributed by atoms with van der Waals surface area (Å²) in [6.07, 6.45) is 0. The van der Waals surface area contributed by atoms with Crippen molar-refractivity contribution in [1.29, 1.82) is 0 Å². The highest BCUT2D eigenvalue weighted by Crippen LogP contribution is 2.41. The Morgan fingerprint density at radius 1 is 1.04 bits per heavy atom. The molecule has 0 aliphatic heterocycles. The molecule has 1 aromatic carbocycles. The second-order valence-electron chi connectivity index (χ2n) is 4.36. The number of phenolic OH excluding ortho intramolecular Hbond substituents is 1. The van der Waals surface area contributed by atoms with E-state index in [4.69, 9.17) is 28.9 Å². The number of aromatic hydroxyl groups is 1. The molecule has 120 valence electrons. The van der Waals surface area contributed by atoms with E-state index in [9.17, 15) is 29.7 Å². The Labute approximate surface area is 137 Å². The van der Waals surface area contributed by atoms with Crippen molar-refractivity contribution in [1.82, 2.24) is 4.98 Å². The van der Waals surface area contributed by atoms with E-state index in [0.29, 0.717) is 0 Å². The van der Waals surface area contributed by atoms with Gasteiger partial charge < -0.3 is 26.0 Å². The Morgan fingerprint density at radius 3 is 2.13 bits per heavy atom. The molecule has 0 saturated heterocycles. The lowest BCUT2D eigenvalue weighted by atomic mass is 9.95. The van der Waals surface area contributed by atoms with Gasteiger partial charge in [-0.05, 0) is 12.1 Å². The van der Waals surface area contributed by atoms with Crippen LogP contribution in [0.3, 0.4) is 0 Å². The zero-order valence-electron chi connectivity index (χ0n) is 11.1. The number of aromatic carboxylic acids is 2. The second-order valence-corrected chi connectivity index (χ2v) is 5.12. The summed E-state index contributed by atoms with van der Waals surface area (Å²) in [5, 5.41) is 27.4. The quantitative estimate of drug-likeness (QED) is 0.562. The van der Waals surface area contributed by atoms with Crippen molar-refractivity contribution in [2.45, 2.75) is 0 Å². The molecule has 0 amide bonds. The van der Waals surface area contributed by atoms with Crippen LogP contribution in [-0.2, 0) is 0 Å². The van der Waals surface area contributed by atoms with Gasteiger partial charge in [-0.15, -0.1) is 0 Å². The molecule has 0 bridgehead atoms. The number of aromatic nitrogens is 1. The fourth-order valence-electron chi connectivity index (χ4n) is 2.05. The number of phenols is 1. The molecule has 10 heteroatoms. The Balaban J connectivity index is 3.07. The summed E-state index contributed by atoms with van der Waals surface area (Å²) >= 11 is 11.7. The van der Waals surface area contributed by atoms with Crippen molar-refractivity contribution < 1.29 is 24.9 Å². The zero-order chi connectivity index (χ0) is 17.5. The minimum absolute atomic E-state index is 0.165. The van der Waals surface area contributed by atoms with Crippen molar-refractivity contribution in [2.24, 2.45) is 0 Å². The van der Waals surface area contributed by atoms with Gasteiger partial charge in [-0.2, -0.15) is 0 Å². The molecule has 0 aliphatic carbocycles. The first-order valence-electron chi connectivity index (χ1n) is 5.86. The van der Waals surface area contributed by atoms with E-state index in [0.717, 1.165) is 12.1 Å². The van der Waals surface area contributed by atoms with Crippen LogP contribution in [0.1, 0.15) is 20.7 Å². The predicted octanol–water partition coefficient (Wildman–Crippen LogP) is 2.03. The summed E-state index contributed by atoms with van der Waals surface area (Å²) in [5.41, 5.74) is 2.22. The highest BCUT2D eigenvalue weighted by atomic mass is 35.5. The molecule has 0 fully saturated rings. The summed E-state index contributed by atoms with van der Waals surface area (Å²) in [7, 11) is 0. The van der Waals surface area contributed by atoms with Gasteiger partial charge in [-0.1, -0.05) is 23.2 Å². The van der Waals surface area contributed by atoms with E-state index >= 15 is 0 Å². The number of halogens is 2. The zero-order valence-corrected chi connectivity index (χ0v) is 12.6. The van der Waals surface area contributed by atoms with Gasteiger partial charge in [0.15, 0.2) is 0 Å². The molecule has 1 heterocycles. The number of aromatic amines is 1. The Hall–Kier alpha value is -2.71. The number of rotatable bonds is 3. The molecule has 0 unspecified atom stereocenters. The number of nitrogens with one attached hydrogen (secondary N) is 1. The fourth-order valence-corrected chi connectivity index (χ4v) is 2.47. The number of carboxylic acids is 2. The van der Waals surface area contributed by atoms with Gasteiger partial charge in [0.25, 0.3) is 5.56 Å². The van der Waals surface area contributed by atoms with Gasteiger partial charge in [-0.25, -0.2) is 9.59 Å². The minimum atomic E-state index is -1.68. The number of carbonyl (C=O) groups is 2. The molecule has 2 aromatic rings. The van der Waals surface area contributed by atoms with Crippen LogP contribution >= 0.6 is 23.2 Å². The first kappa shape index (κ1) is 16.7. The van der Waals surface area contributed by atoms with Crippen LogP contribution in [0.5, 0.6) is 5.75 Å². The average Bonchev–Trinajstić information content (AvgIpc) is 2.43. The Morgan fingerprint density at radius 2 is 1.61 bits per heavy atom. The lowest BCUT2D eigenvalue weighted by molar-refractivity contribution is 0.0695. The molecule has 0 atom stereocenters. The van der Waals surface area contributed by atoms with Crippen molar-refractivity contribution in [2.75, 3.05) is 5.73 Å². The van der Waals surface area contributed by atoms with E-state index < -0.39 is 45.8 Å². The third-order valence-corrected chi connectivity index (χ3v) is 3.88. The molecule has 0 radical (unpaired) electrons. The third kappa shape index (κ3) is 2.69. The van der Waals surface area contributed by atoms with Crippen LogP contribution in [-0.4, -0.2) is 32.2 Å². The summed E-state index contributed by atoms with van der Waals surface area (Å²) in [6, 6.07) is 2.22. The molecular weight excluding hydrogens is 351 g/mol. The van der Waals surface area contributed by atoms with Crippen molar-refractivity contribution >= 4 is 41.0 Å². The van der Waals surface area contributed by atoms with Crippen LogP contribution in [0.15, 0.2) is 16.9 Å². The summed E-state index contributed by atoms with van der Waals surface area (Å²) < 4.78 is 0. The maximum atomic E-state index is 11.9. The number of nitrogens with two attached hydrogens (primary N) is 1. The van der Waals surface area contributed by atoms with Crippen molar-refractivity contribution in [3.05, 3.63) is 43.7 Å². The smallest absolute Gasteiger partial charge is 0.342 e. The molecule has 2 rings (SSSR count). The van der Waals surface area contributed by atoms with Gasteiger partial charge >= 0.3 is 11.9 Å². The van der Waals surface area contributed by atoms with Crippen molar-refractivity contribution in [3.8, 4) is 16.9 Å². The average molecular weight is 359 g/mol. The predicted molar refractivity (Wildman–Crippen MR) is 82.5 cm³/mol. The molecule has 0 aliphatic rings. The number of nitrogen functional groups attached to an aromatic ring is 1. The number of pyridine rings is 1. The van der Waals surface area contributed by atoms with Gasteiger partial charge in [0.05, 0.1) is 5.02 Å². The maximum Gasteiger partial charge on any atom is 0.342 e. The normalized spacial score (nSPS) is 10.5. The summed E-state index contributed by atoms with van der Waals surface area (Å²) in [6.45, 7) is 0. The number of H-pyrrole nitrogens is 1. The van der Waals surface area contributed by atoms with Crippen LogP contribution in [0.2, 0.25) is 10.0 Å². The van der Waals surface area contributed by atoms with Crippen LogP contribution in [0.4, 0.5) is 5.82 Å². The number of anilines is 1. The van der Waals surface area contributed by atoms with Crippen molar-refractivity contribution in [3.63, 3.8) is 0 Å². The topological polar surface area (TPSA) is 154 Å². The molecular formula is C13H8Cl2N2O6. The van der Waals surface area contributed by atoms with Crippen LogP contribution in [0, 0.1) is 0 Å². The van der Waals surface area contributed by atoms with E-state index in [1.165, 1.54) is 0 Å². The molecule has 23 heavy (non-hydrogen) atoms. The highest BCUT2D eigenvalue weighted by molar-refractivity contribution is 6.44. The largest absolute Gasteiger partial charge is 0.506 e. The Kier molecular flexibility index (Phi) is 4.22. The summed E-state index contributed by atoms with van der Waals surface area (Å²) in [5.74, 6) is -4.18. The molecule has 0 saturated carbocycles. The first-order chi connectivity index (χ1) is 10.7. The molecule has 6 N–H and O–H groups in total. The number of hydrogen-bond acceptors (Lipinski definition) is 5. The van der Waals surface area contributed by atoms with Gasteiger partial charge in [0.2, 0.25) is 0 Å². The fraction of sp³-hybridized carbons (Fsp3) is 0. The lowest BCUT2D eigenvalue weighted by Gasteiger charge is -2.14. The number of benzene rings is 1. The minimum Gasteiger partial charge on any atom is -0.506 e. The number of carboxylic acid groups (broad SMARTS) is 2. The molecule has 8 nitrogen and oxygen atoms in total. The maximum absolute atomic E-state index is 11.9. The second kappa shape index (κ2) is 5.82. The lowest BCUT2D eigenvalue weighted by Crippen LogP contribution is -2.24. The SMILES string of the molecule is Nc1[nH]c(=O)c(C(=O)O)c(-c2ccc(O)c(Cl)c2Cl)c1C(=O)O. The van der Waals surface area contributed by atoms with Crippen LogP contribution < -0.4 is 11.3 Å². The van der Waals surface area contributed by atoms with E-state index in [-0.39, 0.29) is 15.6 Å². The first-order valence-corrected chi connectivity index (χ1v) is 6.62. The highest BCUT2D eigenvalue weighted by Gasteiger charge is 2.28. The van der Waals surface area contributed by atoms with E-state index in [1.54, 1.807) is 0 Å². The molecule has 1 aromatic heterocycles. The van der Waals surface area contributed by atoms with Gasteiger partial charge in [0, 0.05) is 11.1 Å². The Bertz CT molecular complexity index is 906. The molecule has 0 spiro atoms. The monoisotopic (exact) mass is 358 g/mol.